The Balaban J connectivity index is 2.58. The van der Waals surface area contributed by atoms with Crippen molar-refractivity contribution in [2.75, 3.05) is 11.9 Å². The molecule has 2 N–H and O–H groups in total. The van der Waals surface area contributed by atoms with E-state index in [-0.39, 0.29) is 17.7 Å². The van der Waals surface area contributed by atoms with E-state index in [2.05, 4.69) is 10.6 Å². The molecule has 7 nitrogen and oxygen atoms in total. The molecule has 0 heterocycles. The second-order valence-electron chi connectivity index (χ2n) is 11.5. The molecule has 0 aromatic heterocycles. The van der Waals surface area contributed by atoms with Crippen LogP contribution in [-0.2, 0) is 14.3 Å². The minimum Gasteiger partial charge on any atom is -0.444 e. The zero-order valence-electron chi connectivity index (χ0n) is 24.8. The van der Waals surface area contributed by atoms with Crippen LogP contribution in [-0.4, -0.2) is 41.0 Å². The van der Waals surface area contributed by atoms with Gasteiger partial charge in [-0.25, -0.2) is 4.79 Å². The zero-order chi connectivity index (χ0) is 29.5. The maximum absolute atomic E-state index is 14.2. The van der Waals surface area contributed by atoms with Crippen molar-refractivity contribution in [3.05, 3.63) is 63.7 Å². The fraction of sp³-hybridized carbons (Fsp3) is 0.516. The number of benzene rings is 2. The van der Waals surface area contributed by atoms with Gasteiger partial charge in [-0.3, -0.25) is 9.59 Å². The molecule has 0 saturated heterocycles. The molecular formula is C31H44ClN3O4. The highest BCUT2D eigenvalue weighted by molar-refractivity contribution is 6.34. The fourth-order valence-corrected chi connectivity index (χ4v) is 4.61. The van der Waals surface area contributed by atoms with Gasteiger partial charge in [-0.15, -0.1) is 0 Å². The molecule has 2 atom stereocenters. The lowest BCUT2D eigenvalue weighted by atomic mass is 9.96. The molecule has 0 fully saturated rings. The molecular weight excluding hydrogens is 514 g/mol. The largest absolute Gasteiger partial charge is 0.444 e. The molecule has 8 heteroatoms. The lowest BCUT2D eigenvalue weighted by Crippen LogP contribution is -2.53. The molecule has 2 aromatic carbocycles. The third kappa shape index (κ3) is 9.27. The number of aryl methyl sites for hydroxylation is 3. The van der Waals surface area contributed by atoms with Gasteiger partial charge < -0.3 is 20.3 Å². The molecule has 39 heavy (non-hydrogen) atoms. The highest BCUT2D eigenvalue weighted by Gasteiger charge is 2.36. The second-order valence-corrected chi connectivity index (χ2v) is 11.9. The first-order valence-electron chi connectivity index (χ1n) is 13.6. The summed E-state index contributed by atoms with van der Waals surface area (Å²) in [6, 6.07) is 9.36. The maximum Gasteiger partial charge on any atom is 0.408 e. The van der Waals surface area contributed by atoms with Crippen LogP contribution in [0.2, 0.25) is 5.02 Å². The van der Waals surface area contributed by atoms with Crippen LogP contribution >= 0.6 is 11.6 Å². The Kier molecular flexibility index (Phi) is 11.4. The summed E-state index contributed by atoms with van der Waals surface area (Å²) in [6.45, 7) is 17.4. The van der Waals surface area contributed by atoms with E-state index < -0.39 is 23.8 Å². The number of amides is 3. The van der Waals surface area contributed by atoms with Crippen molar-refractivity contribution >= 4 is 35.2 Å². The molecule has 2 aromatic rings. The average molecular weight is 558 g/mol. The van der Waals surface area contributed by atoms with Crippen LogP contribution in [0.3, 0.4) is 0 Å². The van der Waals surface area contributed by atoms with Crippen molar-refractivity contribution in [1.29, 1.82) is 0 Å². The summed E-state index contributed by atoms with van der Waals surface area (Å²) in [5.41, 5.74) is 3.38. The van der Waals surface area contributed by atoms with Crippen molar-refractivity contribution in [1.82, 2.24) is 10.2 Å². The Morgan fingerprint density at radius 1 is 1.00 bits per heavy atom. The predicted molar refractivity (Wildman–Crippen MR) is 158 cm³/mol. The van der Waals surface area contributed by atoms with Crippen LogP contribution in [0.25, 0.3) is 0 Å². The highest BCUT2D eigenvalue weighted by atomic mass is 35.5. The first-order valence-corrected chi connectivity index (χ1v) is 14.0. The van der Waals surface area contributed by atoms with Gasteiger partial charge in [-0.1, -0.05) is 62.7 Å². The lowest BCUT2D eigenvalue weighted by molar-refractivity contribution is -0.141. The first-order chi connectivity index (χ1) is 18.1. The Labute approximate surface area is 238 Å². The predicted octanol–water partition coefficient (Wildman–Crippen LogP) is 7.12. The van der Waals surface area contributed by atoms with Crippen LogP contribution in [0.4, 0.5) is 10.5 Å². The Hall–Kier alpha value is -3.06. The number of alkyl carbamates (subject to hydrolysis) is 1. The molecule has 214 valence electrons. The van der Waals surface area contributed by atoms with Crippen molar-refractivity contribution in [3.63, 3.8) is 0 Å². The molecule has 0 radical (unpaired) electrons. The third-order valence-electron chi connectivity index (χ3n) is 6.32. The number of rotatable bonds is 10. The van der Waals surface area contributed by atoms with Gasteiger partial charge in [0.15, 0.2) is 0 Å². The lowest BCUT2D eigenvalue weighted by Gasteiger charge is -2.35. The summed E-state index contributed by atoms with van der Waals surface area (Å²) >= 11 is 6.43. The molecule has 2 rings (SSSR count). The van der Waals surface area contributed by atoms with Gasteiger partial charge in [-0.2, -0.15) is 0 Å². The molecule has 0 aliphatic carbocycles. The summed E-state index contributed by atoms with van der Waals surface area (Å²) in [6.07, 6.45) is 0.340. The van der Waals surface area contributed by atoms with Gasteiger partial charge in [0.2, 0.25) is 5.91 Å². The Morgan fingerprint density at radius 2 is 1.67 bits per heavy atom. The summed E-state index contributed by atoms with van der Waals surface area (Å²) < 4.78 is 5.45. The number of nitrogens with zero attached hydrogens (tertiary/aromatic N) is 1. The van der Waals surface area contributed by atoms with Crippen molar-refractivity contribution in [3.8, 4) is 0 Å². The highest BCUT2D eigenvalue weighted by Crippen LogP contribution is 2.30. The van der Waals surface area contributed by atoms with Gasteiger partial charge in [-0.05, 0) is 88.6 Å². The van der Waals surface area contributed by atoms with Gasteiger partial charge in [0.1, 0.15) is 17.7 Å². The van der Waals surface area contributed by atoms with E-state index in [0.717, 1.165) is 16.7 Å². The van der Waals surface area contributed by atoms with Crippen molar-refractivity contribution < 1.29 is 19.1 Å². The van der Waals surface area contributed by atoms with E-state index in [4.69, 9.17) is 16.3 Å². The van der Waals surface area contributed by atoms with Gasteiger partial charge in [0.05, 0.1) is 10.7 Å². The normalized spacial score (nSPS) is 13.0. The molecule has 2 unspecified atom stereocenters. The second kappa shape index (κ2) is 13.8. The smallest absolute Gasteiger partial charge is 0.408 e. The monoisotopic (exact) mass is 557 g/mol. The first kappa shape index (κ1) is 32.2. The van der Waals surface area contributed by atoms with E-state index in [0.29, 0.717) is 35.7 Å². The molecule has 0 aliphatic heterocycles. The fourth-order valence-electron chi connectivity index (χ4n) is 4.34. The molecule has 0 bridgehead atoms. The summed E-state index contributed by atoms with van der Waals surface area (Å²) in [5.74, 6) is -0.612. The number of ether oxygens (including phenoxy) is 1. The SMILES string of the molecule is CCCN(C(=O)C(CC(C)C)NC(=O)OC(C)(C)C)C(C(=O)Nc1c(C)cccc1Cl)c1ccc(C)c(C)c1. The van der Waals surface area contributed by atoms with E-state index in [1.54, 1.807) is 31.7 Å². The minimum absolute atomic E-state index is 0.108. The molecule has 0 saturated carbocycles. The standard InChI is InChI=1S/C31H44ClN3O4/c1-10-16-35(29(37)25(17-19(2)3)33-30(38)39-31(7,8)9)27(23-15-14-20(4)22(6)18-23)28(36)34-26-21(5)12-11-13-24(26)32/h11-15,18-19,25,27H,10,16-17H2,1-9H3,(H,33,38)(H,34,36). The van der Waals surface area contributed by atoms with Crippen molar-refractivity contribution in [2.45, 2.75) is 92.8 Å². The van der Waals surface area contributed by atoms with Gasteiger partial charge in [0.25, 0.3) is 5.91 Å². The van der Waals surface area contributed by atoms with Crippen LogP contribution in [0, 0.1) is 26.7 Å². The number of carbonyl (C=O) groups excluding carboxylic acids is 3. The number of nitrogens with one attached hydrogen (secondary N) is 2. The topological polar surface area (TPSA) is 87.7 Å². The zero-order valence-corrected chi connectivity index (χ0v) is 25.5. The summed E-state index contributed by atoms with van der Waals surface area (Å²) in [7, 11) is 0. The van der Waals surface area contributed by atoms with Gasteiger partial charge in [0, 0.05) is 6.54 Å². The van der Waals surface area contributed by atoms with E-state index in [1.165, 1.54) is 0 Å². The average Bonchev–Trinajstić information content (AvgIpc) is 2.81. The number of hydrogen-bond donors (Lipinski definition) is 2. The van der Waals surface area contributed by atoms with Crippen LogP contribution < -0.4 is 10.6 Å². The molecule has 0 aliphatic rings. The van der Waals surface area contributed by atoms with Crippen LogP contribution in [0.1, 0.15) is 82.7 Å². The minimum atomic E-state index is -0.942. The number of hydrogen-bond acceptors (Lipinski definition) is 4. The summed E-state index contributed by atoms with van der Waals surface area (Å²) in [4.78, 5) is 42.5. The van der Waals surface area contributed by atoms with Crippen LogP contribution in [0.15, 0.2) is 36.4 Å². The number of para-hydroxylation sites is 1. The van der Waals surface area contributed by atoms with Crippen molar-refractivity contribution in [2.24, 2.45) is 5.92 Å². The Bertz CT molecular complexity index is 1150. The van der Waals surface area contributed by atoms with E-state index in [9.17, 15) is 14.4 Å². The molecule has 0 spiro atoms. The third-order valence-corrected chi connectivity index (χ3v) is 6.64. The van der Waals surface area contributed by atoms with Crippen LogP contribution in [0.5, 0.6) is 0 Å². The summed E-state index contributed by atoms with van der Waals surface area (Å²) in [5, 5.41) is 6.17. The van der Waals surface area contributed by atoms with Gasteiger partial charge >= 0.3 is 6.09 Å². The van der Waals surface area contributed by atoms with E-state index >= 15 is 0 Å². The number of anilines is 1. The van der Waals surface area contributed by atoms with E-state index in [1.807, 2.05) is 71.9 Å². The number of carbonyl (C=O) groups is 3. The maximum atomic E-state index is 14.2. The quantitative estimate of drug-likeness (QED) is 0.325. The number of halogens is 1. The molecule has 3 amide bonds. The Morgan fingerprint density at radius 3 is 2.21 bits per heavy atom.